The van der Waals surface area contributed by atoms with Gasteiger partial charge in [0.25, 0.3) is 0 Å². The third-order valence-electron chi connectivity index (χ3n) is 8.77. The van der Waals surface area contributed by atoms with Gasteiger partial charge in [-0.25, -0.2) is 13.2 Å². The zero-order chi connectivity index (χ0) is 30.0. The van der Waals surface area contributed by atoms with E-state index in [2.05, 4.69) is 6.58 Å². The van der Waals surface area contributed by atoms with Crippen molar-refractivity contribution in [1.29, 1.82) is 0 Å². The molecule has 2 aromatic carbocycles. The molecule has 3 atom stereocenters. The number of hydrogen-bond donors (Lipinski definition) is 0. The SMILES string of the molecule is C=C1[C@H](CC(=O)OC)CC[C@@]23N(C(=O)OC(C)(C)C)c4ccc(OC)cc4[C@@]12CCN3S(=O)(=O)c1ccc(C)cc1. The first-order chi connectivity index (χ1) is 19.2. The lowest BCUT2D eigenvalue weighted by Crippen LogP contribution is -2.68. The Labute approximate surface area is 242 Å². The Balaban J connectivity index is 1.79. The summed E-state index contributed by atoms with van der Waals surface area (Å²) in [5.74, 6) is -0.0638. The average molecular weight is 583 g/mol. The van der Waals surface area contributed by atoms with Crippen LogP contribution in [0.1, 0.15) is 57.6 Å². The molecule has 2 aromatic rings. The van der Waals surface area contributed by atoms with Crippen LogP contribution in [0.4, 0.5) is 10.5 Å². The Bertz CT molecular complexity index is 1510. The number of rotatable bonds is 5. The van der Waals surface area contributed by atoms with Crippen molar-refractivity contribution in [2.24, 2.45) is 5.92 Å². The Morgan fingerprint density at radius 2 is 1.76 bits per heavy atom. The van der Waals surface area contributed by atoms with E-state index in [4.69, 9.17) is 14.2 Å². The molecule has 10 heteroatoms. The van der Waals surface area contributed by atoms with Crippen LogP contribution in [0.5, 0.6) is 5.75 Å². The summed E-state index contributed by atoms with van der Waals surface area (Å²) in [4.78, 5) is 28.3. The molecule has 0 aromatic heterocycles. The van der Waals surface area contributed by atoms with Crippen LogP contribution in [-0.4, -0.2) is 56.8 Å². The van der Waals surface area contributed by atoms with Crippen molar-refractivity contribution >= 4 is 27.8 Å². The Morgan fingerprint density at radius 1 is 1.07 bits per heavy atom. The van der Waals surface area contributed by atoms with Gasteiger partial charge in [0.05, 0.1) is 36.6 Å². The van der Waals surface area contributed by atoms with Gasteiger partial charge in [-0.15, -0.1) is 0 Å². The molecule has 0 spiro atoms. The average Bonchev–Trinajstić information content (AvgIpc) is 3.39. The quantitative estimate of drug-likeness (QED) is 0.347. The number of anilines is 1. The topological polar surface area (TPSA) is 102 Å². The minimum Gasteiger partial charge on any atom is -0.497 e. The highest BCUT2D eigenvalue weighted by Gasteiger charge is 2.75. The summed E-state index contributed by atoms with van der Waals surface area (Å²) in [6, 6.07) is 12.1. The van der Waals surface area contributed by atoms with Crippen molar-refractivity contribution in [2.75, 3.05) is 25.7 Å². The van der Waals surface area contributed by atoms with E-state index in [0.29, 0.717) is 29.9 Å². The van der Waals surface area contributed by atoms with Crippen LogP contribution in [0.2, 0.25) is 0 Å². The van der Waals surface area contributed by atoms with E-state index in [1.54, 1.807) is 64.3 Å². The molecule has 2 aliphatic heterocycles. The zero-order valence-corrected chi connectivity index (χ0v) is 25.3. The zero-order valence-electron chi connectivity index (χ0n) is 24.5. The number of methoxy groups -OCH3 is 2. The molecule has 0 unspecified atom stereocenters. The number of ether oxygens (including phenoxy) is 3. The summed E-state index contributed by atoms with van der Waals surface area (Å²) < 4.78 is 47.0. The Morgan fingerprint density at radius 3 is 2.37 bits per heavy atom. The molecule has 1 saturated carbocycles. The summed E-state index contributed by atoms with van der Waals surface area (Å²) >= 11 is 0. The molecule has 3 aliphatic rings. The van der Waals surface area contributed by atoms with Gasteiger partial charge in [-0.1, -0.05) is 29.8 Å². The van der Waals surface area contributed by atoms with Gasteiger partial charge in [-0.05, 0) is 88.8 Å². The number of benzene rings is 2. The molecule has 1 amide bonds. The summed E-state index contributed by atoms with van der Waals surface area (Å²) in [7, 11) is -1.18. The maximum Gasteiger partial charge on any atom is 0.416 e. The minimum atomic E-state index is -4.09. The minimum absolute atomic E-state index is 0.115. The summed E-state index contributed by atoms with van der Waals surface area (Å²) in [6.07, 6.45) is 0.545. The molecule has 2 fully saturated rings. The fraction of sp³-hybridized carbons (Fsp3) is 0.484. The smallest absolute Gasteiger partial charge is 0.416 e. The van der Waals surface area contributed by atoms with E-state index >= 15 is 0 Å². The van der Waals surface area contributed by atoms with Crippen LogP contribution < -0.4 is 9.64 Å². The third kappa shape index (κ3) is 4.25. The van der Waals surface area contributed by atoms with E-state index in [0.717, 1.165) is 11.1 Å². The number of carbonyl (C=O) groups is 2. The predicted octanol–water partition coefficient (Wildman–Crippen LogP) is 5.32. The lowest BCUT2D eigenvalue weighted by Gasteiger charge is -2.54. The lowest BCUT2D eigenvalue weighted by atomic mass is 9.58. The van der Waals surface area contributed by atoms with Crippen LogP contribution in [0.25, 0.3) is 0 Å². The van der Waals surface area contributed by atoms with Crippen LogP contribution in [0.3, 0.4) is 0 Å². The maximum absolute atomic E-state index is 14.5. The van der Waals surface area contributed by atoms with Gasteiger partial charge in [-0.3, -0.25) is 9.69 Å². The van der Waals surface area contributed by atoms with Crippen LogP contribution >= 0.6 is 0 Å². The summed E-state index contributed by atoms with van der Waals surface area (Å²) in [5, 5.41) is 0. The molecule has 1 saturated heterocycles. The van der Waals surface area contributed by atoms with E-state index in [1.165, 1.54) is 16.3 Å². The standard InChI is InChI=1S/C31H38N2O7S/c1-20-8-11-24(12-9-20)41(36,37)32-17-16-30-21(2)22(18-27(34)39-7)14-15-31(30,32)33(28(35)40-29(3,4)5)26-13-10-23(38-6)19-25(26)30/h8-13,19,22H,2,14-18H2,1,3-7H3/t22-,30+,31+/m0/s1. The van der Waals surface area contributed by atoms with E-state index in [-0.39, 0.29) is 36.2 Å². The van der Waals surface area contributed by atoms with Crippen molar-refractivity contribution in [3.63, 3.8) is 0 Å². The largest absolute Gasteiger partial charge is 0.497 e. The molecule has 41 heavy (non-hydrogen) atoms. The second-order valence-electron chi connectivity index (χ2n) is 12.1. The Hall–Kier alpha value is -3.37. The number of esters is 1. The molecule has 9 nitrogen and oxygen atoms in total. The molecular formula is C31H38N2O7S. The molecule has 1 aliphatic carbocycles. The molecule has 220 valence electrons. The number of aryl methyl sites for hydroxylation is 1. The molecular weight excluding hydrogens is 544 g/mol. The molecule has 2 heterocycles. The number of nitrogens with zero attached hydrogens (tertiary/aromatic N) is 2. The van der Waals surface area contributed by atoms with Gasteiger partial charge in [0, 0.05) is 6.54 Å². The van der Waals surface area contributed by atoms with Crippen LogP contribution in [0, 0.1) is 12.8 Å². The van der Waals surface area contributed by atoms with Gasteiger partial charge >= 0.3 is 12.1 Å². The second-order valence-corrected chi connectivity index (χ2v) is 14.0. The van der Waals surface area contributed by atoms with Gasteiger partial charge in [0.1, 0.15) is 17.0 Å². The molecule has 0 bridgehead atoms. The van der Waals surface area contributed by atoms with Crippen molar-refractivity contribution in [2.45, 2.75) is 75.0 Å². The predicted molar refractivity (Wildman–Crippen MR) is 154 cm³/mol. The molecule has 0 radical (unpaired) electrons. The number of fused-ring (bicyclic) bond motifs is 1. The highest BCUT2D eigenvalue weighted by molar-refractivity contribution is 7.89. The highest BCUT2D eigenvalue weighted by Crippen LogP contribution is 2.68. The number of sulfonamides is 1. The maximum atomic E-state index is 14.5. The van der Waals surface area contributed by atoms with Gasteiger partial charge in [0.2, 0.25) is 10.0 Å². The Kier molecular flexibility index (Phi) is 7.02. The lowest BCUT2D eigenvalue weighted by molar-refractivity contribution is -0.141. The fourth-order valence-corrected chi connectivity index (χ4v) is 8.85. The third-order valence-corrected chi connectivity index (χ3v) is 10.7. The van der Waals surface area contributed by atoms with Crippen LogP contribution in [-0.2, 0) is 29.7 Å². The van der Waals surface area contributed by atoms with Crippen molar-refractivity contribution in [1.82, 2.24) is 4.31 Å². The summed E-state index contributed by atoms with van der Waals surface area (Å²) in [6.45, 7) is 11.9. The number of carbonyl (C=O) groups excluding carboxylic acids is 2. The fourth-order valence-electron chi connectivity index (χ4n) is 7.06. The van der Waals surface area contributed by atoms with Gasteiger partial charge in [-0.2, -0.15) is 4.31 Å². The first kappa shape index (κ1) is 29.1. The van der Waals surface area contributed by atoms with E-state index in [1.807, 2.05) is 13.0 Å². The van der Waals surface area contributed by atoms with Crippen molar-refractivity contribution < 1.29 is 32.2 Å². The normalized spacial score (nSPS) is 25.8. The molecule has 5 rings (SSSR count). The van der Waals surface area contributed by atoms with Crippen LogP contribution in [0.15, 0.2) is 59.5 Å². The highest BCUT2D eigenvalue weighted by atomic mass is 32.2. The first-order valence-electron chi connectivity index (χ1n) is 13.8. The van der Waals surface area contributed by atoms with Gasteiger partial charge in [0.15, 0.2) is 0 Å². The molecule has 0 N–H and O–H groups in total. The number of amides is 1. The first-order valence-corrected chi connectivity index (χ1v) is 15.2. The van der Waals surface area contributed by atoms with Crippen molar-refractivity contribution in [3.05, 3.63) is 65.7 Å². The summed E-state index contributed by atoms with van der Waals surface area (Å²) in [5.41, 5.74) is -0.293. The van der Waals surface area contributed by atoms with E-state index < -0.39 is 32.8 Å². The van der Waals surface area contributed by atoms with E-state index in [9.17, 15) is 18.0 Å². The van der Waals surface area contributed by atoms with Crippen molar-refractivity contribution in [3.8, 4) is 5.75 Å². The second kappa shape index (κ2) is 9.87. The van der Waals surface area contributed by atoms with Gasteiger partial charge < -0.3 is 14.2 Å². The number of hydrogen-bond acceptors (Lipinski definition) is 7. The monoisotopic (exact) mass is 582 g/mol.